The number of rotatable bonds is 5. The van der Waals surface area contributed by atoms with Crippen LogP contribution in [0.5, 0.6) is 0 Å². The summed E-state index contributed by atoms with van der Waals surface area (Å²) >= 11 is 0. The monoisotopic (exact) mass is 371 g/mol. The number of nitrogens with zero attached hydrogens (tertiary/aromatic N) is 1. The minimum absolute atomic E-state index is 0.0465. The van der Waals surface area contributed by atoms with Crippen LogP contribution in [0.3, 0.4) is 0 Å². The van der Waals surface area contributed by atoms with Crippen molar-refractivity contribution in [3.63, 3.8) is 0 Å². The molecule has 3 aromatic carbocycles. The number of carbonyl (C=O) groups excluding carboxylic acids is 1. The second-order valence-corrected chi connectivity index (χ2v) is 8.40. The highest BCUT2D eigenvalue weighted by Gasteiger charge is 2.24. The van der Waals surface area contributed by atoms with E-state index in [0.29, 0.717) is 13.0 Å². The SMILES string of the molecule is Cc1ccc(CN(C(=O)Cc2ccccc2)c2ccccc2C(C)(C)C)cc1. The van der Waals surface area contributed by atoms with Gasteiger partial charge in [0.2, 0.25) is 5.91 Å². The van der Waals surface area contributed by atoms with Crippen molar-refractivity contribution in [1.82, 2.24) is 0 Å². The molecule has 0 bridgehead atoms. The average Bonchev–Trinajstić information content (AvgIpc) is 2.67. The van der Waals surface area contributed by atoms with E-state index >= 15 is 0 Å². The van der Waals surface area contributed by atoms with Crippen LogP contribution in [0.4, 0.5) is 5.69 Å². The Hall–Kier alpha value is -2.87. The molecule has 0 fully saturated rings. The zero-order valence-corrected chi connectivity index (χ0v) is 17.3. The molecule has 0 aromatic heterocycles. The van der Waals surface area contributed by atoms with Crippen LogP contribution in [0.15, 0.2) is 78.9 Å². The van der Waals surface area contributed by atoms with Gasteiger partial charge in [0.1, 0.15) is 0 Å². The Morgan fingerprint density at radius 3 is 2.04 bits per heavy atom. The largest absolute Gasteiger partial charge is 0.307 e. The predicted molar refractivity (Wildman–Crippen MR) is 118 cm³/mol. The first-order chi connectivity index (χ1) is 13.3. The fourth-order valence-electron chi connectivity index (χ4n) is 3.39. The summed E-state index contributed by atoms with van der Waals surface area (Å²) in [5.74, 6) is 0.114. The van der Waals surface area contributed by atoms with Crippen LogP contribution in [0, 0.1) is 6.92 Å². The maximum absolute atomic E-state index is 13.4. The molecule has 0 radical (unpaired) electrons. The third-order valence-electron chi connectivity index (χ3n) is 4.96. The molecule has 0 N–H and O–H groups in total. The molecule has 2 heteroatoms. The summed E-state index contributed by atoms with van der Waals surface area (Å²) in [6.07, 6.45) is 0.394. The standard InChI is InChI=1S/C26H29NO/c1-20-14-16-22(17-15-20)19-27(25(28)18-21-10-6-5-7-11-21)24-13-9-8-12-23(24)26(2,3)4/h5-17H,18-19H2,1-4H3. The van der Waals surface area contributed by atoms with E-state index in [1.54, 1.807) is 0 Å². The minimum atomic E-state index is -0.0465. The van der Waals surface area contributed by atoms with Gasteiger partial charge in [0.15, 0.2) is 0 Å². The molecule has 0 aliphatic rings. The molecule has 0 unspecified atom stereocenters. The van der Waals surface area contributed by atoms with Crippen molar-refractivity contribution in [3.8, 4) is 0 Å². The van der Waals surface area contributed by atoms with Gasteiger partial charge < -0.3 is 4.90 Å². The molecule has 0 heterocycles. The van der Waals surface area contributed by atoms with Crippen LogP contribution in [-0.2, 0) is 23.2 Å². The number of hydrogen-bond acceptors (Lipinski definition) is 1. The van der Waals surface area contributed by atoms with Crippen molar-refractivity contribution in [3.05, 3.63) is 101 Å². The van der Waals surface area contributed by atoms with Gasteiger partial charge >= 0.3 is 0 Å². The lowest BCUT2D eigenvalue weighted by Crippen LogP contribution is -2.34. The summed E-state index contributed by atoms with van der Waals surface area (Å²) < 4.78 is 0. The summed E-state index contributed by atoms with van der Waals surface area (Å²) in [6, 6.07) is 26.7. The first-order valence-electron chi connectivity index (χ1n) is 9.84. The van der Waals surface area contributed by atoms with E-state index in [1.165, 1.54) is 11.1 Å². The van der Waals surface area contributed by atoms with Gasteiger partial charge in [-0.1, -0.05) is 99.1 Å². The van der Waals surface area contributed by atoms with Gasteiger partial charge in [-0.15, -0.1) is 0 Å². The fourth-order valence-corrected chi connectivity index (χ4v) is 3.39. The zero-order valence-electron chi connectivity index (χ0n) is 17.3. The molecule has 28 heavy (non-hydrogen) atoms. The summed E-state index contributed by atoms with van der Waals surface area (Å²) in [5.41, 5.74) is 5.53. The third-order valence-corrected chi connectivity index (χ3v) is 4.96. The smallest absolute Gasteiger partial charge is 0.231 e. The van der Waals surface area contributed by atoms with Crippen LogP contribution < -0.4 is 4.90 Å². The van der Waals surface area contributed by atoms with E-state index < -0.39 is 0 Å². The number of hydrogen-bond donors (Lipinski definition) is 0. The lowest BCUT2D eigenvalue weighted by molar-refractivity contribution is -0.118. The highest BCUT2D eigenvalue weighted by molar-refractivity contribution is 5.95. The highest BCUT2D eigenvalue weighted by Crippen LogP contribution is 2.33. The number of carbonyl (C=O) groups is 1. The van der Waals surface area contributed by atoms with Crippen LogP contribution in [-0.4, -0.2) is 5.91 Å². The predicted octanol–water partition coefficient (Wildman–Crippen LogP) is 6.07. The Labute approximate surface area is 168 Å². The Bertz CT molecular complexity index is 921. The second-order valence-electron chi connectivity index (χ2n) is 8.40. The van der Waals surface area contributed by atoms with Gasteiger partial charge in [-0.05, 0) is 35.1 Å². The second kappa shape index (κ2) is 8.43. The first kappa shape index (κ1) is 19.9. The summed E-state index contributed by atoms with van der Waals surface area (Å²) in [7, 11) is 0. The molecular formula is C26H29NO. The van der Waals surface area contributed by atoms with Crippen molar-refractivity contribution < 1.29 is 4.79 Å². The van der Waals surface area contributed by atoms with Crippen molar-refractivity contribution in [2.24, 2.45) is 0 Å². The molecule has 144 valence electrons. The van der Waals surface area contributed by atoms with Crippen molar-refractivity contribution in [2.75, 3.05) is 4.90 Å². The lowest BCUT2D eigenvalue weighted by atomic mass is 9.85. The number of anilines is 1. The molecule has 3 rings (SSSR count). The minimum Gasteiger partial charge on any atom is -0.307 e. The molecule has 0 aliphatic carbocycles. The van der Waals surface area contributed by atoms with E-state index in [0.717, 1.165) is 16.8 Å². The molecule has 1 amide bonds. The van der Waals surface area contributed by atoms with E-state index in [4.69, 9.17) is 0 Å². The Morgan fingerprint density at radius 1 is 0.786 bits per heavy atom. The van der Waals surface area contributed by atoms with E-state index in [-0.39, 0.29) is 11.3 Å². The fraction of sp³-hybridized carbons (Fsp3) is 0.269. The molecular weight excluding hydrogens is 342 g/mol. The van der Waals surface area contributed by atoms with Gasteiger partial charge in [0, 0.05) is 5.69 Å². The average molecular weight is 372 g/mol. The quantitative estimate of drug-likeness (QED) is 0.533. The Morgan fingerprint density at radius 2 is 1.39 bits per heavy atom. The number of benzene rings is 3. The molecule has 0 saturated heterocycles. The maximum Gasteiger partial charge on any atom is 0.231 e. The molecule has 0 saturated carbocycles. The zero-order chi connectivity index (χ0) is 20.1. The van der Waals surface area contributed by atoms with E-state index in [9.17, 15) is 4.79 Å². The lowest BCUT2D eigenvalue weighted by Gasteiger charge is -2.30. The highest BCUT2D eigenvalue weighted by atomic mass is 16.2. The van der Waals surface area contributed by atoms with Crippen LogP contribution >= 0.6 is 0 Å². The van der Waals surface area contributed by atoms with Crippen LogP contribution in [0.25, 0.3) is 0 Å². The topological polar surface area (TPSA) is 20.3 Å². The number of para-hydroxylation sites is 1. The molecule has 0 atom stereocenters. The summed E-state index contributed by atoms with van der Waals surface area (Å²) in [5, 5.41) is 0. The van der Waals surface area contributed by atoms with Crippen molar-refractivity contribution in [1.29, 1.82) is 0 Å². The number of amides is 1. The van der Waals surface area contributed by atoms with Gasteiger partial charge in [0.05, 0.1) is 13.0 Å². The molecule has 0 spiro atoms. The number of aryl methyl sites for hydroxylation is 1. The summed E-state index contributed by atoms with van der Waals surface area (Å²) in [4.78, 5) is 15.3. The van der Waals surface area contributed by atoms with Gasteiger partial charge in [-0.3, -0.25) is 4.79 Å². The first-order valence-corrected chi connectivity index (χ1v) is 9.84. The van der Waals surface area contributed by atoms with Crippen molar-refractivity contribution in [2.45, 2.75) is 46.1 Å². The van der Waals surface area contributed by atoms with E-state index in [2.05, 4.69) is 70.2 Å². The van der Waals surface area contributed by atoms with Crippen molar-refractivity contribution >= 4 is 11.6 Å². The molecule has 0 aliphatic heterocycles. The molecule has 2 nitrogen and oxygen atoms in total. The van der Waals surface area contributed by atoms with Gasteiger partial charge in [-0.25, -0.2) is 0 Å². The maximum atomic E-state index is 13.4. The van der Waals surface area contributed by atoms with Crippen LogP contribution in [0.2, 0.25) is 0 Å². The third kappa shape index (κ3) is 4.89. The normalized spacial score (nSPS) is 11.3. The van der Waals surface area contributed by atoms with Gasteiger partial charge in [0.25, 0.3) is 0 Å². The summed E-state index contributed by atoms with van der Waals surface area (Å²) in [6.45, 7) is 9.22. The van der Waals surface area contributed by atoms with Gasteiger partial charge in [-0.2, -0.15) is 0 Å². The molecule has 3 aromatic rings. The van der Waals surface area contributed by atoms with E-state index in [1.807, 2.05) is 41.3 Å². The Balaban J connectivity index is 1.99. The Kier molecular flexibility index (Phi) is 5.99. The van der Waals surface area contributed by atoms with Crippen LogP contribution in [0.1, 0.15) is 43.0 Å².